The quantitative estimate of drug-likeness (QED) is 0.772. The number of pyridine rings is 1. The first-order valence-electron chi connectivity index (χ1n) is 5.16. The van der Waals surface area contributed by atoms with Crippen LogP contribution in [0.2, 0.25) is 5.02 Å². The zero-order chi connectivity index (χ0) is 12.0. The van der Waals surface area contributed by atoms with Crippen LogP contribution in [-0.2, 0) is 6.61 Å². The van der Waals surface area contributed by atoms with Gasteiger partial charge in [0.25, 0.3) is 0 Å². The van der Waals surface area contributed by atoms with Crippen molar-refractivity contribution < 1.29 is 9.84 Å². The molecule has 0 atom stereocenters. The minimum Gasteiger partial charge on any atom is -0.478 e. The van der Waals surface area contributed by atoms with Crippen LogP contribution in [-0.4, -0.2) is 42.2 Å². The molecule has 0 aliphatic carbocycles. The van der Waals surface area contributed by atoms with Gasteiger partial charge in [0.15, 0.2) is 0 Å². The van der Waals surface area contributed by atoms with Crippen LogP contribution in [0.4, 0.5) is 0 Å². The predicted octanol–water partition coefficient (Wildman–Crippen LogP) is 1.56. The summed E-state index contributed by atoms with van der Waals surface area (Å²) < 4.78 is 5.45. The molecule has 1 aromatic heterocycles. The van der Waals surface area contributed by atoms with Crippen LogP contribution in [0.15, 0.2) is 12.3 Å². The van der Waals surface area contributed by atoms with Crippen molar-refractivity contribution in [1.82, 2.24) is 9.88 Å². The molecule has 90 valence electrons. The Bertz CT molecular complexity index is 332. The number of nitrogens with zero attached hydrogens (tertiary/aromatic N) is 2. The van der Waals surface area contributed by atoms with E-state index in [1.54, 1.807) is 6.07 Å². The second kappa shape index (κ2) is 6.68. The van der Waals surface area contributed by atoms with E-state index in [1.165, 1.54) is 6.20 Å². The molecule has 0 bridgehead atoms. The van der Waals surface area contributed by atoms with E-state index in [9.17, 15) is 0 Å². The van der Waals surface area contributed by atoms with Crippen molar-refractivity contribution in [2.75, 3.05) is 27.2 Å². The molecule has 0 saturated carbocycles. The van der Waals surface area contributed by atoms with Gasteiger partial charge in [-0.2, -0.15) is 0 Å². The van der Waals surface area contributed by atoms with Gasteiger partial charge in [0.1, 0.15) is 0 Å². The highest BCUT2D eigenvalue weighted by atomic mass is 35.5. The topological polar surface area (TPSA) is 45.6 Å². The first-order chi connectivity index (χ1) is 7.63. The lowest BCUT2D eigenvalue weighted by Gasteiger charge is -2.10. The molecule has 0 unspecified atom stereocenters. The van der Waals surface area contributed by atoms with Gasteiger partial charge in [-0.15, -0.1) is 0 Å². The summed E-state index contributed by atoms with van der Waals surface area (Å²) in [7, 11) is 4.04. The second-order valence-electron chi connectivity index (χ2n) is 3.78. The maximum atomic E-state index is 9.01. The number of aliphatic hydroxyl groups excluding tert-OH is 1. The van der Waals surface area contributed by atoms with E-state index < -0.39 is 0 Å². The molecule has 0 radical (unpaired) electrons. The summed E-state index contributed by atoms with van der Waals surface area (Å²) in [6, 6.07) is 1.66. The third-order valence-electron chi connectivity index (χ3n) is 2.08. The van der Waals surface area contributed by atoms with Gasteiger partial charge in [0.05, 0.1) is 18.2 Å². The summed E-state index contributed by atoms with van der Waals surface area (Å²) >= 11 is 5.81. The lowest BCUT2D eigenvalue weighted by Crippen LogP contribution is -2.15. The maximum Gasteiger partial charge on any atom is 0.213 e. The molecular formula is C11H17ClN2O2. The molecule has 0 fully saturated rings. The molecular weight excluding hydrogens is 228 g/mol. The molecule has 0 amide bonds. The summed E-state index contributed by atoms with van der Waals surface area (Å²) in [5.74, 6) is 0.507. The largest absolute Gasteiger partial charge is 0.478 e. The van der Waals surface area contributed by atoms with Crippen LogP contribution in [0.5, 0.6) is 5.88 Å². The van der Waals surface area contributed by atoms with Crippen molar-refractivity contribution in [3.63, 3.8) is 0 Å². The van der Waals surface area contributed by atoms with Crippen LogP contribution >= 0.6 is 11.6 Å². The Morgan fingerprint density at radius 1 is 1.50 bits per heavy atom. The molecule has 16 heavy (non-hydrogen) atoms. The minimum atomic E-state index is -0.102. The Morgan fingerprint density at radius 3 is 2.88 bits per heavy atom. The van der Waals surface area contributed by atoms with Gasteiger partial charge in [-0.25, -0.2) is 4.98 Å². The van der Waals surface area contributed by atoms with Crippen molar-refractivity contribution in [2.45, 2.75) is 13.0 Å². The Balaban J connectivity index is 2.42. The van der Waals surface area contributed by atoms with Crippen molar-refractivity contribution >= 4 is 11.6 Å². The van der Waals surface area contributed by atoms with Crippen LogP contribution < -0.4 is 4.74 Å². The highest BCUT2D eigenvalue weighted by molar-refractivity contribution is 6.31. The highest BCUT2D eigenvalue weighted by Crippen LogP contribution is 2.19. The molecule has 1 rings (SSSR count). The van der Waals surface area contributed by atoms with Gasteiger partial charge in [-0.1, -0.05) is 11.6 Å². The molecule has 1 N–H and O–H groups in total. The third kappa shape index (κ3) is 4.35. The molecule has 0 saturated heterocycles. The summed E-state index contributed by atoms with van der Waals surface area (Å²) in [5.41, 5.74) is 0.638. The molecule has 0 aliphatic rings. The summed E-state index contributed by atoms with van der Waals surface area (Å²) in [6.07, 6.45) is 2.43. The highest BCUT2D eigenvalue weighted by Gasteiger charge is 2.03. The second-order valence-corrected chi connectivity index (χ2v) is 4.18. The summed E-state index contributed by atoms with van der Waals surface area (Å²) in [5, 5.41) is 9.47. The predicted molar refractivity (Wildman–Crippen MR) is 63.8 cm³/mol. The summed E-state index contributed by atoms with van der Waals surface area (Å²) in [6.45, 7) is 1.48. The number of aromatic nitrogens is 1. The van der Waals surface area contributed by atoms with E-state index in [-0.39, 0.29) is 6.61 Å². The fourth-order valence-electron chi connectivity index (χ4n) is 1.22. The van der Waals surface area contributed by atoms with E-state index in [2.05, 4.69) is 9.88 Å². The Hall–Kier alpha value is -0.840. The van der Waals surface area contributed by atoms with Crippen LogP contribution in [0.3, 0.4) is 0 Å². The zero-order valence-electron chi connectivity index (χ0n) is 9.61. The average Bonchev–Trinajstić information content (AvgIpc) is 2.26. The van der Waals surface area contributed by atoms with Crippen LogP contribution in [0.1, 0.15) is 12.0 Å². The Labute approximate surface area is 101 Å². The smallest absolute Gasteiger partial charge is 0.213 e. The summed E-state index contributed by atoms with van der Waals surface area (Å²) in [4.78, 5) is 6.12. The standard InChI is InChI=1S/C11H17ClN2O2/c1-14(2)4-3-5-16-11-6-9(8-15)10(12)7-13-11/h6-7,15H,3-5,8H2,1-2H3. The Kier molecular flexibility index (Phi) is 5.52. The average molecular weight is 245 g/mol. The van der Waals surface area contributed by atoms with E-state index in [1.807, 2.05) is 14.1 Å². The number of aliphatic hydroxyl groups is 1. The number of halogens is 1. The molecule has 1 heterocycles. The van der Waals surface area contributed by atoms with Gasteiger partial charge < -0.3 is 14.7 Å². The number of hydrogen-bond acceptors (Lipinski definition) is 4. The first-order valence-corrected chi connectivity index (χ1v) is 5.54. The van der Waals surface area contributed by atoms with E-state index in [4.69, 9.17) is 21.4 Å². The van der Waals surface area contributed by atoms with Gasteiger partial charge in [0.2, 0.25) is 5.88 Å². The molecule has 1 aromatic rings. The van der Waals surface area contributed by atoms with E-state index in [0.717, 1.165) is 13.0 Å². The SMILES string of the molecule is CN(C)CCCOc1cc(CO)c(Cl)cn1. The van der Waals surface area contributed by atoms with Crippen LogP contribution in [0, 0.1) is 0 Å². The lowest BCUT2D eigenvalue weighted by atomic mass is 10.3. The number of rotatable bonds is 6. The fraction of sp³-hybridized carbons (Fsp3) is 0.545. The molecule has 5 heteroatoms. The van der Waals surface area contributed by atoms with Crippen molar-refractivity contribution in [3.05, 3.63) is 22.8 Å². The Morgan fingerprint density at radius 2 is 2.25 bits per heavy atom. The van der Waals surface area contributed by atoms with Gasteiger partial charge in [0, 0.05) is 24.4 Å². The van der Waals surface area contributed by atoms with Gasteiger partial charge >= 0.3 is 0 Å². The fourth-order valence-corrected chi connectivity index (χ4v) is 1.38. The van der Waals surface area contributed by atoms with Crippen LogP contribution in [0.25, 0.3) is 0 Å². The van der Waals surface area contributed by atoms with E-state index in [0.29, 0.717) is 23.1 Å². The molecule has 0 aromatic carbocycles. The van der Waals surface area contributed by atoms with Crippen molar-refractivity contribution in [1.29, 1.82) is 0 Å². The van der Waals surface area contributed by atoms with Crippen molar-refractivity contribution in [3.8, 4) is 5.88 Å². The van der Waals surface area contributed by atoms with Crippen molar-refractivity contribution in [2.24, 2.45) is 0 Å². The minimum absolute atomic E-state index is 0.102. The third-order valence-corrected chi connectivity index (χ3v) is 2.42. The number of hydrogen-bond donors (Lipinski definition) is 1. The maximum absolute atomic E-state index is 9.01. The van der Waals surface area contributed by atoms with Gasteiger partial charge in [-0.05, 0) is 20.5 Å². The van der Waals surface area contributed by atoms with E-state index >= 15 is 0 Å². The molecule has 0 aliphatic heterocycles. The molecule has 0 spiro atoms. The normalized spacial score (nSPS) is 10.8. The monoisotopic (exact) mass is 244 g/mol. The number of ether oxygens (including phenoxy) is 1. The lowest BCUT2D eigenvalue weighted by molar-refractivity contribution is 0.267. The van der Waals surface area contributed by atoms with Gasteiger partial charge in [-0.3, -0.25) is 0 Å². The first kappa shape index (κ1) is 13.2. The molecule has 4 nitrogen and oxygen atoms in total. The zero-order valence-corrected chi connectivity index (χ0v) is 10.4.